The summed E-state index contributed by atoms with van der Waals surface area (Å²) in [6, 6.07) is 0. The molecule has 0 amide bonds. The lowest BCUT2D eigenvalue weighted by Crippen LogP contribution is -2.37. The van der Waals surface area contributed by atoms with E-state index in [4.69, 9.17) is 18.5 Å². The van der Waals surface area contributed by atoms with Crippen LogP contribution in [0.2, 0.25) is 0 Å². The largest absolute Gasteiger partial charge is 0.756 e. The second-order valence-corrected chi connectivity index (χ2v) is 23.5. The van der Waals surface area contributed by atoms with Crippen molar-refractivity contribution in [3.63, 3.8) is 0 Å². The molecule has 73 heavy (non-hydrogen) atoms. The van der Waals surface area contributed by atoms with Crippen LogP contribution in [-0.4, -0.2) is 70.0 Å². The maximum atomic E-state index is 12.8. The van der Waals surface area contributed by atoms with Gasteiger partial charge in [0.25, 0.3) is 7.82 Å². The molecule has 0 aromatic carbocycles. The van der Waals surface area contributed by atoms with E-state index in [-0.39, 0.29) is 32.0 Å². The number of phosphoric ester groups is 1. The maximum absolute atomic E-state index is 12.8. The number of likely N-dealkylation sites (N-methyl/N-ethyl adjacent to an activating group) is 1. The summed E-state index contributed by atoms with van der Waals surface area (Å²) < 4.78 is 34.2. The van der Waals surface area contributed by atoms with E-state index in [0.717, 1.165) is 83.5 Å². The van der Waals surface area contributed by atoms with Gasteiger partial charge in [-0.2, -0.15) is 0 Å². The minimum Gasteiger partial charge on any atom is -0.756 e. The van der Waals surface area contributed by atoms with E-state index >= 15 is 0 Å². The summed E-state index contributed by atoms with van der Waals surface area (Å²) in [6.07, 6.45) is 68.9. The van der Waals surface area contributed by atoms with Crippen LogP contribution in [-0.2, 0) is 32.7 Å². The van der Waals surface area contributed by atoms with Crippen molar-refractivity contribution in [1.82, 2.24) is 0 Å². The molecular formula is C63H118NO8P. The van der Waals surface area contributed by atoms with Gasteiger partial charge < -0.3 is 27.9 Å². The van der Waals surface area contributed by atoms with Crippen molar-refractivity contribution in [2.24, 2.45) is 0 Å². The van der Waals surface area contributed by atoms with E-state index in [1.807, 2.05) is 21.1 Å². The molecule has 428 valence electrons. The maximum Gasteiger partial charge on any atom is 0.306 e. The second-order valence-electron chi connectivity index (χ2n) is 22.0. The molecule has 0 aromatic rings. The summed E-state index contributed by atoms with van der Waals surface area (Å²) in [5, 5.41) is 0. The van der Waals surface area contributed by atoms with Gasteiger partial charge in [0.2, 0.25) is 0 Å². The molecule has 0 fully saturated rings. The highest BCUT2D eigenvalue weighted by molar-refractivity contribution is 7.45. The van der Waals surface area contributed by atoms with Crippen LogP contribution in [0.25, 0.3) is 0 Å². The van der Waals surface area contributed by atoms with Gasteiger partial charge in [-0.15, -0.1) is 0 Å². The van der Waals surface area contributed by atoms with Crippen LogP contribution >= 0.6 is 7.82 Å². The number of hydrogen-bond acceptors (Lipinski definition) is 8. The second kappa shape index (κ2) is 54.7. The Bertz CT molecular complexity index is 1370. The first kappa shape index (κ1) is 71.0. The number of rotatable bonds is 57. The Morgan fingerprint density at radius 3 is 1.16 bits per heavy atom. The van der Waals surface area contributed by atoms with Gasteiger partial charge in [-0.05, 0) is 51.4 Å². The quantitative estimate of drug-likeness (QED) is 0.0195. The molecule has 0 radical (unpaired) electrons. The zero-order chi connectivity index (χ0) is 53.5. The van der Waals surface area contributed by atoms with E-state index in [1.165, 1.54) is 173 Å². The molecule has 0 aliphatic heterocycles. The molecule has 10 heteroatoms. The minimum atomic E-state index is -4.64. The number of unbranched alkanes of at least 4 members (excludes halogenated alkanes) is 35. The van der Waals surface area contributed by atoms with Gasteiger partial charge in [-0.25, -0.2) is 0 Å². The van der Waals surface area contributed by atoms with Crippen molar-refractivity contribution < 1.29 is 42.1 Å². The SMILES string of the molecule is CC/C=C\C/C=C\C/C=C\C/C=C\CCCCCCCCC(=O)OC(COC(=O)CCCCCCCCCCCCCCCCCCCCCCCCCCCCCCCC)COP(=O)([O-])OCC[N+](C)(C)C. The molecule has 2 atom stereocenters. The average Bonchev–Trinajstić information content (AvgIpc) is 3.35. The molecule has 0 rings (SSSR count). The third-order valence-corrected chi connectivity index (χ3v) is 14.6. The van der Waals surface area contributed by atoms with Crippen molar-refractivity contribution in [2.75, 3.05) is 47.5 Å². The third-order valence-electron chi connectivity index (χ3n) is 13.6. The van der Waals surface area contributed by atoms with Crippen LogP contribution in [0.4, 0.5) is 0 Å². The average molecular weight is 1050 g/mol. The van der Waals surface area contributed by atoms with Crippen molar-refractivity contribution in [3.8, 4) is 0 Å². The number of carbonyl (C=O) groups is 2. The standard InChI is InChI=1S/C63H118NO8P/c1-6-8-10-12-14-16-18-20-22-24-26-27-28-29-30-31-32-33-34-35-36-38-39-41-43-45-47-49-51-53-55-62(65)69-59-61(60-71-73(67,68)70-58-57-64(3,4)5)72-63(66)56-54-52-50-48-46-44-42-40-37-25-23-21-19-17-15-13-11-9-7-2/h9,11,15,17,21,23,37,40,61H,6-8,10,12-14,16,18-20,22,24-36,38-39,41-60H2,1-5H3/b11-9-,17-15-,23-21-,40-37-. The molecular weight excluding hydrogens is 930 g/mol. The summed E-state index contributed by atoms with van der Waals surface area (Å²) in [7, 11) is 1.16. The zero-order valence-corrected chi connectivity index (χ0v) is 49.5. The molecule has 2 unspecified atom stereocenters. The van der Waals surface area contributed by atoms with E-state index < -0.39 is 26.5 Å². The van der Waals surface area contributed by atoms with Gasteiger partial charge in [0.15, 0.2) is 6.10 Å². The Labute approximate surface area is 452 Å². The van der Waals surface area contributed by atoms with Gasteiger partial charge >= 0.3 is 11.9 Å². The van der Waals surface area contributed by atoms with E-state index in [1.54, 1.807) is 0 Å². The molecule has 9 nitrogen and oxygen atoms in total. The number of phosphoric acid groups is 1. The Balaban J connectivity index is 4.05. The number of esters is 2. The third kappa shape index (κ3) is 59.1. The predicted molar refractivity (Wildman–Crippen MR) is 310 cm³/mol. The number of nitrogens with zero attached hydrogens (tertiary/aromatic N) is 1. The first-order chi connectivity index (χ1) is 35.5. The van der Waals surface area contributed by atoms with Crippen LogP contribution in [0.15, 0.2) is 48.6 Å². The topological polar surface area (TPSA) is 111 Å². The Morgan fingerprint density at radius 1 is 0.438 bits per heavy atom. The molecule has 0 N–H and O–H groups in total. The number of allylic oxidation sites excluding steroid dienone is 8. The van der Waals surface area contributed by atoms with Gasteiger partial charge in [-0.1, -0.05) is 274 Å². The summed E-state index contributed by atoms with van der Waals surface area (Å²) in [5.74, 6) is -0.838. The lowest BCUT2D eigenvalue weighted by atomic mass is 10.0. The Hall–Kier alpha value is -2.03. The molecule has 0 spiro atoms. The van der Waals surface area contributed by atoms with Gasteiger partial charge in [0.1, 0.15) is 19.8 Å². The zero-order valence-electron chi connectivity index (χ0n) is 48.6. The molecule has 0 aliphatic rings. The normalized spacial score (nSPS) is 13.6. The molecule has 0 aromatic heterocycles. The number of quaternary nitrogens is 1. The highest BCUT2D eigenvalue weighted by Gasteiger charge is 2.22. The summed E-state index contributed by atoms with van der Waals surface area (Å²) in [5.41, 5.74) is 0. The molecule has 0 saturated heterocycles. The van der Waals surface area contributed by atoms with Crippen LogP contribution in [0.1, 0.15) is 290 Å². The van der Waals surface area contributed by atoms with Crippen LogP contribution in [0.5, 0.6) is 0 Å². The lowest BCUT2D eigenvalue weighted by molar-refractivity contribution is -0.870. The van der Waals surface area contributed by atoms with E-state index in [0.29, 0.717) is 17.4 Å². The van der Waals surface area contributed by atoms with Crippen molar-refractivity contribution in [1.29, 1.82) is 0 Å². The fourth-order valence-electron chi connectivity index (χ4n) is 8.89. The summed E-state index contributed by atoms with van der Waals surface area (Å²) in [6.45, 7) is 4.15. The number of ether oxygens (including phenoxy) is 2. The van der Waals surface area contributed by atoms with Crippen molar-refractivity contribution >= 4 is 19.8 Å². The van der Waals surface area contributed by atoms with Crippen molar-refractivity contribution in [2.45, 2.75) is 296 Å². The fraction of sp³-hybridized carbons (Fsp3) is 0.841. The van der Waals surface area contributed by atoms with Crippen molar-refractivity contribution in [3.05, 3.63) is 48.6 Å². The number of hydrogen-bond donors (Lipinski definition) is 0. The van der Waals surface area contributed by atoms with Gasteiger partial charge in [0, 0.05) is 12.8 Å². The fourth-order valence-corrected chi connectivity index (χ4v) is 9.61. The Kier molecular flexibility index (Phi) is 53.2. The lowest BCUT2D eigenvalue weighted by Gasteiger charge is -2.28. The van der Waals surface area contributed by atoms with Crippen LogP contribution in [0.3, 0.4) is 0 Å². The Morgan fingerprint density at radius 2 is 0.781 bits per heavy atom. The number of carbonyl (C=O) groups excluding carboxylic acids is 2. The predicted octanol–water partition coefficient (Wildman–Crippen LogP) is 18.7. The van der Waals surface area contributed by atoms with E-state index in [9.17, 15) is 19.0 Å². The molecule has 0 heterocycles. The van der Waals surface area contributed by atoms with Gasteiger partial charge in [0.05, 0.1) is 27.7 Å². The summed E-state index contributed by atoms with van der Waals surface area (Å²) in [4.78, 5) is 37.9. The molecule has 0 saturated carbocycles. The highest BCUT2D eigenvalue weighted by atomic mass is 31.2. The van der Waals surface area contributed by atoms with Crippen LogP contribution in [0, 0.1) is 0 Å². The van der Waals surface area contributed by atoms with Gasteiger partial charge in [-0.3, -0.25) is 14.2 Å². The first-order valence-corrected chi connectivity index (χ1v) is 32.3. The highest BCUT2D eigenvalue weighted by Crippen LogP contribution is 2.38. The van der Waals surface area contributed by atoms with Crippen LogP contribution < -0.4 is 4.89 Å². The first-order valence-electron chi connectivity index (χ1n) is 30.8. The monoisotopic (exact) mass is 1050 g/mol. The minimum absolute atomic E-state index is 0.0339. The molecule has 0 bridgehead atoms. The smallest absolute Gasteiger partial charge is 0.306 e. The summed E-state index contributed by atoms with van der Waals surface area (Å²) >= 11 is 0. The molecule has 0 aliphatic carbocycles. The van der Waals surface area contributed by atoms with E-state index in [2.05, 4.69) is 62.5 Å².